The van der Waals surface area contributed by atoms with Crippen LogP contribution in [0.1, 0.15) is 122 Å². The van der Waals surface area contributed by atoms with Crippen molar-refractivity contribution in [1.82, 2.24) is 0 Å². The van der Waals surface area contributed by atoms with Gasteiger partial charge in [-0.1, -0.05) is 27.7 Å². The zero-order valence-corrected chi connectivity index (χ0v) is 39.8. The Labute approximate surface area is 385 Å². The Hall–Kier alpha value is -3.86. The summed E-state index contributed by atoms with van der Waals surface area (Å²) in [5, 5.41) is 21.8. The molecular formula is C46H62Br2N2O12. The first-order valence-electron chi connectivity index (χ1n) is 21.7. The summed E-state index contributed by atoms with van der Waals surface area (Å²) >= 11 is 0. The molecule has 0 aromatic heterocycles. The van der Waals surface area contributed by atoms with E-state index >= 15 is 0 Å². The molecule has 4 heterocycles. The molecule has 0 amide bonds. The highest BCUT2D eigenvalue weighted by Gasteiger charge is 2.64. The molecule has 4 bridgehead atoms. The van der Waals surface area contributed by atoms with Crippen molar-refractivity contribution in [2.75, 3.05) is 14.1 Å². The molecule has 0 aliphatic carbocycles. The summed E-state index contributed by atoms with van der Waals surface area (Å²) in [7, 11) is 4.39. The van der Waals surface area contributed by atoms with Gasteiger partial charge in [0.1, 0.15) is 13.1 Å². The second-order valence-electron chi connectivity index (χ2n) is 17.9. The van der Waals surface area contributed by atoms with E-state index < -0.39 is 47.7 Å². The van der Waals surface area contributed by atoms with Gasteiger partial charge in [0.25, 0.3) is 0 Å². The third-order valence-electron chi connectivity index (χ3n) is 14.6. The van der Waals surface area contributed by atoms with Crippen molar-refractivity contribution in [3.8, 4) is 23.0 Å². The summed E-state index contributed by atoms with van der Waals surface area (Å²) in [5.41, 5.74) is 0.348. The third-order valence-corrected chi connectivity index (χ3v) is 14.6. The van der Waals surface area contributed by atoms with Gasteiger partial charge in [-0.25, -0.2) is 0 Å². The van der Waals surface area contributed by atoms with Gasteiger partial charge < -0.3 is 72.1 Å². The Kier molecular flexibility index (Phi) is 17.0. The number of aliphatic carboxylic acids is 2. The number of carboxylic acids is 2. The van der Waals surface area contributed by atoms with Crippen LogP contribution in [0.4, 0.5) is 0 Å². The van der Waals surface area contributed by atoms with E-state index in [1.165, 1.54) is 0 Å². The largest absolute Gasteiger partial charge is 1.00 e. The zero-order valence-electron chi connectivity index (χ0n) is 36.7. The highest BCUT2D eigenvalue weighted by atomic mass is 79.9. The molecule has 62 heavy (non-hydrogen) atoms. The molecular weight excluding hydrogens is 932 g/mol. The summed E-state index contributed by atoms with van der Waals surface area (Å²) in [6, 6.07) is 11.0. The molecule has 4 aliphatic heterocycles. The van der Waals surface area contributed by atoms with Crippen molar-refractivity contribution >= 4 is 35.8 Å². The van der Waals surface area contributed by atoms with Crippen LogP contribution in [0.3, 0.4) is 0 Å². The van der Waals surface area contributed by atoms with E-state index in [-0.39, 0.29) is 119 Å². The van der Waals surface area contributed by atoms with Crippen molar-refractivity contribution in [3.63, 3.8) is 0 Å². The summed E-state index contributed by atoms with van der Waals surface area (Å²) in [4.78, 5) is 75.6. The predicted molar refractivity (Wildman–Crippen MR) is 218 cm³/mol. The van der Waals surface area contributed by atoms with Gasteiger partial charge in [0.2, 0.25) is 0 Å². The van der Waals surface area contributed by atoms with Gasteiger partial charge in [0.15, 0.2) is 23.0 Å². The van der Waals surface area contributed by atoms with Gasteiger partial charge in [0, 0.05) is 88.2 Å². The maximum atomic E-state index is 13.9. The summed E-state index contributed by atoms with van der Waals surface area (Å²) in [5.74, 6) is -3.83. The fourth-order valence-electron chi connectivity index (χ4n) is 11.3. The second-order valence-corrected chi connectivity index (χ2v) is 17.9. The number of carbonyl (C=O) groups is 6. The van der Waals surface area contributed by atoms with Gasteiger partial charge in [-0.2, -0.15) is 0 Å². The molecule has 6 rings (SSSR count). The van der Waals surface area contributed by atoms with Gasteiger partial charge in [-0.05, 0) is 48.2 Å². The number of esters is 4. The Bertz CT molecular complexity index is 1860. The van der Waals surface area contributed by atoms with E-state index in [1.54, 1.807) is 52.0 Å². The molecule has 0 saturated carbocycles. The lowest BCUT2D eigenvalue weighted by Crippen LogP contribution is -3.00. The maximum Gasteiger partial charge on any atom is 0.311 e. The molecule has 8 atom stereocenters. The van der Waals surface area contributed by atoms with Crippen LogP contribution in [-0.4, -0.2) is 93.3 Å². The average molecular weight is 995 g/mol. The molecule has 4 fully saturated rings. The Balaban J connectivity index is 0.00000422. The molecule has 2 N–H and O–H groups in total. The number of piperidine rings is 2. The number of quaternary nitrogens is 2. The molecule has 0 spiro atoms. The van der Waals surface area contributed by atoms with Crippen LogP contribution in [0.2, 0.25) is 0 Å². The second kappa shape index (κ2) is 20.8. The van der Waals surface area contributed by atoms with Crippen LogP contribution < -0.4 is 52.9 Å². The number of hydrogen-bond donors (Lipinski definition) is 2. The first-order valence-corrected chi connectivity index (χ1v) is 21.7. The fraction of sp³-hybridized carbons (Fsp3) is 0.609. The number of hydrogen-bond acceptors (Lipinski definition) is 10. The SMILES string of the molecule is CCC(=O)Oc1ccc(C[N+]2(C)[C@@H]3CC[C@H]2CC(C(CC(=O)O)(C(=O)O)C2C[C@H]4CC[C@@H](C2)[N+]4(C)Cc2ccc(OC(=O)CC)c(OC(=O)CC)c2)C3)cc1OC(=O)CC.[Br-].[Br-]. The minimum atomic E-state index is -1.44. The quantitative estimate of drug-likeness (QED) is 0.131. The number of nitrogens with zero attached hydrogens (tertiary/aromatic N) is 2. The minimum Gasteiger partial charge on any atom is -1.00 e. The van der Waals surface area contributed by atoms with E-state index in [0.29, 0.717) is 47.7 Å². The Morgan fingerprint density at radius 3 is 1.13 bits per heavy atom. The first-order chi connectivity index (χ1) is 28.5. The topological polar surface area (TPSA) is 180 Å². The van der Waals surface area contributed by atoms with Crippen LogP contribution in [0.15, 0.2) is 36.4 Å². The summed E-state index contributed by atoms with van der Waals surface area (Å²) in [6.45, 7) is 7.93. The number of halogens is 2. The molecule has 2 aromatic rings. The Morgan fingerprint density at radius 1 is 0.548 bits per heavy atom. The smallest absolute Gasteiger partial charge is 0.311 e. The third kappa shape index (κ3) is 10.2. The van der Waals surface area contributed by atoms with Crippen molar-refractivity contribution < 1.29 is 101 Å². The predicted octanol–water partition coefficient (Wildman–Crippen LogP) is 0.977. The van der Waals surface area contributed by atoms with Crippen molar-refractivity contribution in [2.24, 2.45) is 17.3 Å². The number of fused-ring (bicyclic) bond motifs is 4. The van der Waals surface area contributed by atoms with Gasteiger partial charge in [-0.15, -0.1) is 0 Å². The van der Waals surface area contributed by atoms with E-state index in [1.807, 2.05) is 12.1 Å². The van der Waals surface area contributed by atoms with E-state index in [4.69, 9.17) is 18.9 Å². The van der Waals surface area contributed by atoms with Gasteiger partial charge in [0.05, 0.1) is 50.1 Å². The lowest BCUT2D eigenvalue weighted by Gasteiger charge is -2.55. The molecule has 16 heteroatoms. The van der Waals surface area contributed by atoms with E-state index in [2.05, 4.69) is 14.1 Å². The molecule has 2 aromatic carbocycles. The van der Waals surface area contributed by atoms with Gasteiger partial charge >= 0.3 is 35.8 Å². The van der Waals surface area contributed by atoms with E-state index in [0.717, 1.165) is 36.8 Å². The number of carbonyl (C=O) groups excluding carboxylic acids is 4. The Morgan fingerprint density at radius 2 is 0.855 bits per heavy atom. The lowest BCUT2D eigenvalue weighted by atomic mass is 9.57. The first kappa shape index (κ1) is 50.8. The monoisotopic (exact) mass is 992 g/mol. The number of benzene rings is 2. The average Bonchev–Trinajstić information content (AvgIpc) is 3.44. The summed E-state index contributed by atoms with van der Waals surface area (Å²) < 4.78 is 23.5. The highest BCUT2D eigenvalue weighted by molar-refractivity contribution is 5.82. The molecule has 4 aliphatic rings. The number of carboxylic acid groups (broad SMARTS) is 2. The molecule has 0 radical (unpaired) electrons. The van der Waals surface area contributed by atoms with Crippen molar-refractivity contribution in [1.29, 1.82) is 0 Å². The van der Waals surface area contributed by atoms with Crippen LogP contribution in [0.5, 0.6) is 23.0 Å². The highest BCUT2D eigenvalue weighted by Crippen LogP contribution is 2.59. The maximum absolute atomic E-state index is 13.9. The van der Waals surface area contributed by atoms with Crippen LogP contribution in [-0.2, 0) is 41.9 Å². The van der Waals surface area contributed by atoms with Crippen LogP contribution in [0, 0.1) is 17.3 Å². The minimum absolute atomic E-state index is 0. The number of ether oxygens (including phenoxy) is 4. The lowest BCUT2D eigenvalue weighted by molar-refractivity contribution is -0.963. The van der Waals surface area contributed by atoms with E-state index in [9.17, 15) is 39.0 Å². The van der Waals surface area contributed by atoms with Crippen molar-refractivity contribution in [3.05, 3.63) is 47.5 Å². The number of rotatable bonds is 17. The standard InChI is InChI=1S/C46H60N2O12.2BrH/c1-7-41(51)57-36-17-11-28(19-38(36)59-43(53)9-3)26-47(5)32-13-14-33(47)22-30(21-32)46(45(55)56,25-40(49)50)31-23-34-15-16-35(24-31)48(34,6)27-29-12-18-37(58-42(52)8-2)39(20-29)60-44(54)10-4;;/h11-12,17-20,30-35H,7-10,13-16,21-27H2,1-6H3;2*1H/t30?,31?,32-,33+,34-,35+,46?,47?,48?;;. The van der Waals surface area contributed by atoms with Gasteiger partial charge in [-0.3, -0.25) is 28.8 Å². The molecule has 342 valence electrons. The molecule has 14 nitrogen and oxygen atoms in total. The molecule has 4 saturated heterocycles. The molecule has 4 unspecified atom stereocenters. The van der Waals surface area contributed by atoms with Crippen molar-refractivity contribution in [2.45, 2.75) is 148 Å². The zero-order chi connectivity index (χ0) is 43.6. The normalized spacial score (nSPS) is 28.0. The van der Waals surface area contributed by atoms with Crippen LogP contribution >= 0.6 is 0 Å². The van der Waals surface area contributed by atoms with Crippen LogP contribution in [0.25, 0.3) is 0 Å². The summed E-state index contributed by atoms with van der Waals surface area (Å²) in [6.07, 6.45) is 6.10. The fourth-order valence-corrected chi connectivity index (χ4v) is 11.3.